The zero-order valence-corrected chi connectivity index (χ0v) is 12.2. The fourth-order valence-electron chi connectivity index (χ4n) is 2.12. The maximum atomic E-state index is 13.9. The van der Waals surface area contributed by atoms with Gasteiger partial charge in [0.25, 0.3) is 0 Å². The van der Waals surface area contributed by atoms with Gasteiger partial charge in [-0.25, -0.2) is 8.78 Å². The van der Waals surface area contributed by atoms with Crippen LogP contribution in [0.15, 0.2) is 18.3 Å². The number of nitrogens with zero attached hydrogens (tertiary/aromatic N) is 2. The van der Waals surface area contributed by atoms with E-state index >= 15 is 0 Å². The molecule has 0 radical (unpaired) electrons. The van der Waals surface area contributed by atoms with Crippen molar-refractivity contribution in [2.24, 2.45) is 5.73 Å². The molecule has 2 rings (SSSR count). The quantitative estimate of drug-likeness (QED) is 0.938. The first-order chi connectivity index (χ1) is 9.32. The summed E-state index contributed by atoms with van der Waals surface area (Å²) in [6, 6.07) is 1.48. The third-order valence-electron chi connectivity index (χ3n) is 3.18. The summed E-state index contributed by atoms with van der Waals surface area (Å²) in [7, 11) is 0. The van der Waals surface area contributed by atoms with Gasteiger partial charge in [-0.15, -0.1) is 0 Å². The normalized spacial score (nSPS) is 13.0. The Kier molecular flexibility index (Phi) is 4.11. The van der Waals surface area contributed by atoms with Crippen LogP contribution in [0.5, 0.6) is 0 Å². The predicted octanol–water partition coefficient (Wildman–Crippen LogP) is 3.75. The molecule has 0 spiro atoms. The minimum Gasteiger partial charge on any atom is -0.319 e. The molecular weight excluding hydrogens is 284 g/mol. The molecule has 1 aromatic carbocycles. The molecule has 6 heteroatoms. The molecule has 108 valence electrons. The van der Waals surface area contributed by atoms with Crippen molar-refractivity contribution >= 4 is 11.6 Å². The summed E-state index contributed by atoms with van der Waals surface area (Å²) < 4.78 is 28.9. The van der Waals surface area contributed by atoms with E-state index in [1.54, 1.807) is 11.6 Å². The highest BCUT2D eigenvalue weighted by Gasteiger charge is 2.23. The Morgan fingerprint density at radius 2 is 1.90 bits per heavy atom. The maximum absolute atomic E-state index is 13.9. The molecule has 1 atom stereocenters. The molecule has 2 N–H and O–H groups in total. The third-order valence-corrected chi connectivity index (χ3v) is 3.47. The molecule has 0 aliphatic heterocycles. The molecule has 0 fully saturated rings. The lowest BCUT2D eigenvalue weighted by molar-refractivity contribution is 0.492. The SMILES string of the molecule is Cc1cc(C(N)c2c(Cl)cnn2C(C)C)c(F)cc1F. The number of halogens is 3. The van der Waals surface area contributed by atoms with Crippen LogP contribution in [0.2, 0.25) is 5.02 Å². The van der Waals surface area contributed by atoms with Gasteiger partial charge in [0, 0.05) is 17.7 Å². The summed E-state index contributed by atoms with van der Waals surface area (Å²) in [6.07, 6.45) is 1.48. The molecule has 0 aliphatic carbocycles. The van der Waals surface area contributed by atoms with E-state index in [2.05, 4.69) is 5.10 Å². The van der Waals surface area contributed by atoms with Crippen molar-refractivity contribution in [2.45, 2.75) is 32.9 Å². The molecular formula is C14H16ClF2N3. The summed E-state index contributed by atoms with van der Waals surface area (Å²) in [5, 5.41) is 4.51. The number of benzene rings is 1. The second-order valence-electron chi connectivity index (χ2n) is 5.02. The van der Waals surface area contributed by atoms with Crippen molar-refractivity contribution in [2.75, 3.05) is 0 Å². The Bertz CT molecular complexity index is 638. The molecule has 3 nitrogen and oxygen atoms in total. The molecule has 2 aromatic rings. The monoisotopic (exact) mass is 299 g/mol. The summed E-state index contributed by atoms with van der Waals surface area (Å²) in [4.78, 5) is 0. The van der Waals surface area contributed by atoms with Crippen molar-refractivity contribution in [1.29, 1.82) is 0 Å². The molecule has 1 unspecified atom stereocenters. The summed E-state index contributed by atoms with van der Waals surface area (Å²) in [5.41, 5.74) is 7.17. The molecule has 0 aliphatic rings. The van der Waals surface area contributed by atoms with E-state index in [1.165, 1.54) is 12.3 Å². The van der Waals surface area contributed by atoms with E-state index < -0.39 is 17.7 Å². The van der Waals surface area contributed by atoms with E-state index in [1.807, 2.05) is 13.8 Å². The van der Waals surface area contributed by atoms with Crippen LogP contribution < -0.4 is 5.73 Å². The van der Waals surface area contributed by atoms with Crippen LogP contribution in [0.4, 0.5) is 8.78 Å². The Morgan fingerprint density at radius 1 is 1.25 bits per heavy atom. The number of nitrogens with two attached hydrogens (primary N) is 1. The van der Waals surface area contributed by atoms with Crippen molar-refractivity contribution in [3.8, 4) is 0 Å². The van der Waals surface area contributed by atoms with E-state index in [-0.39, 0.29) is 11.6 Å². The topological polar surface area (TPSA) is 43.8 Å². The minimum atomic E-state index is -0.799. The highest BCUT2D eigenvalue weighted by Crippen LogP contribution is 2.30. The lowest BCUT2D eigenvalue weighted by atomic mass is 10.0. The molecule has 1 heterocycles. The predicted molar refractivity (Wildman–Crippen MR) is 74.7 cm³/mol. The smallest absolute Gasteiger partial charge is 0.131 e. The van der Waals surface area contributed by atoms with Crippen LogP contribution >= 0.6 is 11.6 Å². The first-order valence-electron chi connectivity index (χ1n) is 6.27. The van der Waals surface area contributed by atoms with Gasteiger partial charge in [0.2, 0.25) is 0 Å². The first kappa shape index (κ1) is 14.9. The number of rotatable bonds is 3. The lowest BCUT2D eigenvalue weighted by Gasteiger charge is -2.18. The van der Waals surface area contributed by atoms with Crippen molar-refractivity contribution in [1.82, 2.24) is 9.78 Å². The van der Waals surface area contributed by atoms with E-state index in [0.717, 1.165) is 6.07 Å². The Hall–Kier alpha value is -1.46. The number of aromatic nitrogens is 2. The molecule has 0 bridgehead atoms. The van der Waals surface area contributed by atoms with Gasteiger partial charge in [-0.2, -0.15) is 5.10 Å². The van der Waals surface area contributed by atoms with E-state index in [9.17, 15) is 8.78 Å². The summed E-state index contributed by atoms with van der Waals surface area (Å²) in [6.45, 7) is 5.41. The van der Waals surface area contributed by atoms with Crippen LogP contribution in [0, 0.1) is 18.6 Å². The largest absolute Gasteiger partial charge is 0.319 e. The number of aryl methyl sites for hydroxylation is 1. The molecule has 0 saturated carbocycles. The standard InChI is InChI=1S/C14H16ClF2N3/c1-7(2)20-14(10(15)6-19-20)13(18)9-4-8(3)11(16)5-12(9)17/h4-7,13H,18H2,1-3H3. The van der Waals surface area contributed by atoms with Crippen LogP contribution in [0.3, 0.4) is 0 Å². The van der Waals surface area contributed by atoms with Crippen LogP contribution in [-0.2, 0) is 0 Å². The maximum Gasteiger partial charge on any atom is 0.131 e. The molecule has 20 heavy (non-hydrogen) atoms. The zero-order chi connectivity index (χ0) is 15.0. The van der Waals surface area contributed by atoms with Crippen molar-refractivity contribution < 1.29 is 8.78 Å². The summed E-state index contributed by atoms with van der Waals surface area (Å²) >= 11 is 6.10. The second-order valence-corrected chi connectivity index (χ2v) is 5.42. The van der Waals surface area contributed by atoms with Gasteiger partial charge in [-0.1, -0.05) is 11.6 Å². The Balaban J connectivity index is 2.54. The fourth-order valence-corrected chi connectivity index (χ4v) is 2.37. The zero-order valence-electron chi connectivity index (χ0n) is 11.5. The third kappa shape index (κ3) is 2.55. The Labute approximate surface area is 121 Å². The van der Waals surface area contributed by atoms with Gasteiger partial charge < -0.3 is 5.73 Å². The number of hydrogen-bond acceptors (Lipinski definition) is 2. The van der Waals surface area contributed by atoms with Gasteiger partial charge in [0.05, 0.1) is 23.0 Å². The number of hydrogen-bond donors (Lipinski definition) is 1. The summed E-state index contributed by atoms with van der Waals surface area (Å²) in [5.74, 6) is -1.28. The van der Waals surface area contributed by atoms with Gasteiger partial charge >= 0.3 is 0 Å². The highest BCUT2D eigenvalue weighted by molar-refractivity contribution is 6.31. The van der Waals surface area contributed by atoms with Crippen molar-refractivity contribution in [3.05, 3.63) is 51.8 Å². The Morgan fingerprint density at radius 3 is 2.50 bits per heavy atom. The first-order valence-corrected chi connectivity index (χ1v) is 6.64. The molecule has 0 amide bonds. The molecule has 0 saturated heterocycles. The van der Waals surface area contributed by atoms with Crippen molar-refractivity contribution in [3.63, 3.8) is 0 Å². The minimum absolute atomic E-state index is 0.0353. The van der Waals surface area contributed by atoms with E-state index in [0.29, 0.717) is 16.3 Å². The van der Waals surface area contributed by atoms with Gasteiger partial charge in [0.15, 0.2) is 0 Å². The van der Waals surface area contributed by atoms with Crippen LogP contribution in [0.1, 0.15) is 42.8 Å². The average molecular weight is 300 g/mol. The van der Waals surface area contributed by atoms with E-state index in [4.69, 9.17) is 17.3 Å². The fraction of sp³-hybridized carbons (Fsp3) is 0.357. The van der Waals surface area contributed by atoms with Crippen LogP contribution in [-0.4, -0.2) is 9.78 Å². The average Bonchev–Trinajstić information content (AvgIpc) is 2.75. The molecule has 1 aromatic heterocycles. The van der Waals surface area contributed by atoms with Gasteiger partial charge in [-0.05, 0) is 32.4 Å². The highest BCUT2D eigenvalue weighted by atomic mass is 35.5. The van der Waals surface area contributed by atoms with Gasteiger partial charge in [0.1, 0.15) is 11.6 Å². The lowest BCUT2D eigenvalue weighted by Crippen LogP contribution is -2.20. The second kappa shape index (κ2) is 5.50. The van der Waals surface area contributed by atoms with Crippen LogP contribution in [0.25, 0.3) is 0 Å². The van der Waals surface area contributed by atoms with Gasteiger partial charge in [-0.3, -0.25) is 4.68 Å².